The summed E-state index contributed by atoms with van der Waals surface area (Å²) in [5, 5.41) is 5.68. The van der Waals surface area contributed by atoms with Crippen molar-refractivity contribution in [2.75, 3.05) is 6.54 Å². The molecule has 3 N–H and O–H groups in total. The molecule has 0 saturated heterocycles. The second-order valence-corrected chi connectivity index (χ2v) is 6.46. The number of halogens is 1. The van der Waals surface area contributed by atoms with Crippen LogP contribution in [0.15, 0.2) is 15.9 Å². The van der Waals surface area contributed by atoms with E-state index in [0.717, 1.165) is 19.0 Å². The Hall–Kier alpha value is 0.100. The zero-order chi connectivity index (χ0) is 11.4. The minimum atomic E-state index is 0.461. The van der Waals surface area contributed by atoms with Gasteiger partial charge in [-0.3, -0.25) is 0 Å². The summed E-state index contributed by atoms with van der Waals surface area (Å²) < 4.78 is 1.23. The SMILES string of the molecule is NC1CCC(CNCc2sccc2Br)CC1. The highest BCUT2D eigenvalue weighted by molar-refractivity contribution is 9.10. The van der Waals surface area contributed by atoms with Crippen LogP contribution in [0.1, 0.15) is 30.6 Å². The topological polar surface area (TPSA) is 38.0 Å². The van der Waals surface area contributed by atoms with Gasteiger partial charge < -0.3 is 11.1 Å². The smallest absolute Gasteiger partial charge is 0.0327 e. The number of nitrogens with one attached hydrogen (secondary N) is 1. The molecule has 0 amide bonds. The number of thiophene rings is 1. The van der Waals surface area contributed by atoms with E-state index >= 15 is 0 Å². The number of hydrogen-bond donors (Lipinski definition) is 2. The van der Waals surface area contributed by atoms with E-state index in [0.29, 0.717) is 6.04 Å². The molecule has 1 fully saturated rings. The molecule has 0 aromatic carbocycles. The van der Waals surface area contributed by atoms with E-state index in [1.165, 1.54) is 35.0 Å². The standard InChI is InChI=1S/C12H19BrN2S/c13-11-5-6-16-12(11)8-15-7-9-1-3-10(14)4-2-9/h5-6,9-10,15H,1-4,7-8,14H2. The second-order valence-electron chi connectivity index (χ2n) is 4.60. The molecule has 16 heavy (non-hydrogen) atoms. The first-order valence-electron chi connectivity index (χ1n) is 5.94. The van der Waals surface area contributed by atoms with E-state index in [1.54, 1.807) is 0 Å². The van der Waals surface area contributed by atoms with Crippen molar-refractivity contribution < 1.29 is 0 Å². The van der Waals surface area contributed by atoms with Crippen molar-refractivity contribution in [2.24, 2.45) is 11.7 Å². The van der Waals surface area contributed by atoms with Gasteiger partial charge in [0.25, 0.3) is 0 Å². The van der Waals surface area contributed by atoms with Crippen molar-refractivity contribution in [3.8, 4) is 0 Å². The Morgan fingerprint density at radius 1 is 1.38 bits per heavy atom. The van der Waals surface area contributed by atoms with Gasteiger partial charge in [-0.25, -0.2) is 0 Å². The first-order valence-corrected chi connectivity index (χ1v) is 7.61. The van der Waals surface area contributed by atoms with Gasteiger partial charge >= 0.3 is 0 Å². The minimum Gasteiger partial charge on any atom is -0.328 e. The fourth-order valence-electron chi connectivity index (χ4n) is 2.23. The summed E-state index contributed by atoms with van der Waals surface area (Å²) in [5.41, 5.74) is 5.90. The monoisotopic (exact) mass is 302 g/mol. The molecule has 2 nitrogen and oxygen atoms in total. The number of nitrogens with two attached hydrogens (primary N) is 1. The predicted molar refractivity (Wildman–Crippen MR) is 73.7 cm³/mol. The fraction of sp³-hybridized carbons (Fsp3) is 0.667. The van der Waals surface area contributed by atoms with Crippen molar-refractivity contribution in [3.63, 3.8) is 0 Å². The van der Waals surface area contributed by atoms with Gasteiger partial charge in [0, 0.05) is 21.9 Å². The summed E-state index contributed by atoms with van der Waals surface area (Å²) in [6.07, 6.45) is 4.99. The molecule has 0 spiro atoms. The van der Waals surface area contributed by atoms with Crippen molar-refractivity contribution in [2.45, 2.75) is 38.3 Å². The van der Waals surface area contributed by atoms with Crippen LogP contribution >= 0.6 is 27.3 Å². The zero-order valence-corrected chi connectivity index (χ0v) is 11.8. The normalized spacial score (nSPS) is 25.9. The summed E-state index contributed by atoms with van der Waals surface area (Å²) in [7, 11) is 0. The Morgan fingerprint density at radius 2 is 2.12 bits per heavy atom. The Balaban J connectivity index is 1.67. The Bertz CT molecular complexity index is 319. The molecule has 1 heterocycles. The molecule has 1 aliphatic carbocycles. The number of hydrogen-bond acceptors (Lipinski definition) is 3. The molecule has 0 aliphatic heterocycles. The minimum absolute atomic E-state index is 0.461. The van der Waals surface area contributed by atoms with Gasteiger partial charge in [-0.1, -0.05) is 0 Å². The van der Waals surface area contributed by atoms with Crippen LogP contribution in [0.2, 0.25) is 0 Å². The maximum absolute atomic E-state index is 5.90. The molecule has 1 aromatic rings. The van der Waals surface area contributed by atoms with E-state index in [-0.39, 0.29) is 0 Å². The highest BCUT2D eigenvalue weighted by Crippen LogP contribution is 2.24. The second kappa shape index (κ2) is 6.15. The fourth-order valence-corrected chi connectivity index (χ4v) is 3.70. The van der Waals surface area contributed by atoms with Crippen LogP contribution < -0.4 is 11.1 Å². The molecule has 2 rings (SSSR count). The van der Waals surface area contributed by atoms with Crippen molar-refractivity contribution in [1.82, 2.24) is 5.32 Å². The lowest BCUT2D eigenvalue weighted by Gasteiger charge is -2.26. The highest BCUT2D eigenvalue weighted by Gasteiger charge is 2.17. The summed E-state index contributed by atoms with van der Waals surface area (Å²) in [4.78, 5) is 1.40. The van der Waals surface area contributed by atoms with E-state index in [4.69, 9.17) is 5.73 Å². The lowest BCUT2D eigenvalue weighted by atomic mass is 9.86. The van der Waals surface area contributed by atoms with Gasteiger partial charge in [0.2, 0.25) is 0 Å². The van der Waals surface area contributed by atoms with Crippen LogP contribution in [0.4, 0.5) is 0 Å². The van der Waals surface area contributed by atoms with Gasteiger partial charge in [0.15, 0.2) is 0 Å². The summed E-state index contributed by atoms with van der Waals surface area (Å²) >= 11 is 5.36. The lowest BCUT2D eigenvalue weighted by Crippen LogP contribution is -2.31. The maximum Gasteiger partial charge on any atom is 0.0327 e. The third kappa shape index (κ3) is 3.55. The van der Waals surface area contributed by atoms with Crippen LogP contribution in [0.5, 0.6) is 0 Å². The average molecular weight is 303 g/mol. The van der Waals surface area contributed by atoms with Gasteiger partial charge in [0.05, 0.1) is 0 Å². The van der Waals surface area contributed by atoms with Crippen molar-refractivity contribution in [3.05, 3.63) is 20.8 Å². The van der Waals surface area contributed by atoms with Crippen molar-refractivity contribution >= 4 is 27.3 Å². The van der Waals surface area contributed by atoms with Gasteiger partial charge in [0.1, 0.15) is 0 Å². The van der Waals surface area contributed by atoms with E-state index in [2.05, 4.69) is 32.7 Å². The molecule has 1 aromatic heterocycles. The molecule has 90 valence electrons. The first-order chi connectivity index (χ1) is 7.75. The van der Waals surface area contributed by atoms with Gasteiger partial charge in [-0.05, 0) is 65.5 Å². The Labute approximate surface area is 110 Å². The third-order valence-corrected chi connectivity index (χ3v) is 5.23. The van der Waals surface area contributed by atoms with Crippen molar-refractivity contribution in [1.29, 1.82) is 0 Å². The maximum atomic E-state index is 5.90. The molecule has 0 radical (unpaired) electrons. The molecule has 1 saturated carbocycles. The molecular formula is C12H19BrN2S. The Kier molecular flexibility index (Phi) is 4.82. The molecule has 0 unspecified atom stereocenters. The van der Waals surface area contributed by atoms with E-state index in [9.17, 15) is 0 Å². The van der Waals surface area contributed by atoms with Crippen LogP contribution in [0, 0.1) is 5.92 Å². The summed E-state index contributed by atoms with van der Waals surface area (Å²) in [6, 6.07) is 2.57. The van der Waals surface area contributed by atoms with E-state index in [1.807, 2.05) is 11.3 Å². The summed E-state index contributed by atoms with van der Waals surface area (Å²) in [6.45, 7) is 2.12. The van der Waals surface area contributed by atoms with E-state index < -0.39 is 0 Å². The molecule has 0 bridgehead atoms. The van der Waals surface area contributed by atoms with Crippen LogP contribution in [-0.2, 0) is 6.54 Å². The van der Waals surface area contributed by atoms with Gasteiger partial charge in [-0.2, -0.15) is 0 Å². The van der Waals surface area contributed by atoms with Crippen LogP contribution in [0.3, 0.4) is 0 Å². The van der Waals surface area contributed by atoms with Crippen LogP contribution in [0.25, 0.3) is 0 Å². The lowest BCUT2D eigenvalue weighted by molar-refractivity contribution is 0.314. The molecule has 1 aliphatic rings. The molecule has 0 atom stereocenters. The van der Waals surface area contributed by atoms with Gasteiger partial charge in [-0.15, -0.1) is 11.3 Å². The molecule has 4 heteroatoms. The third-order valence-electron chi connectivity index (χ3n) is 3.30. The quantitative estimate of drug-likeness (QED) is 0.897. The largest absolute Gasteiger partial charge is 0.328 e. The summed E-state index contributed by atoms with van der Waals surface area (Å²) in [5.74, 6) is 0.832. The molecular weight excluding hydrogens is 284 g/mol. The predicted octanol–water partition coefficient (Wildman–Crippen LogP) is 3.12. The zero-order valence-electron chi connectivity index (χ0n) is 9.42. The Morgan fingerprint density at radius 3 is 2.75 bits per heavy atom. The average Bonchev–Trinajstić information content (AvgIpc) is 2.68. The highest BCUT2D eigenvalue weighted by atomic mass is 79.9. The van der Waals surface area contributed by atoms with Crippen LogP contribution in [-0.4, -0.2) is 12.6 Å². The first kappa shape index (κ1) is 12.6. The number of rotatable bonds is 4.